The molecule has 0 fully saturated rings. The van der Waals surface area contributed by atoms with E-state index in [2.05, 4.69) is 77.6 Å². The van der Waals surface area contributed by atoms with Gasteiger partial charge in [0.25, 0.3) is 0 Å². The first kappa shape index (κ1) is 15.1. The first-order chi connectivity index (χ1) is 9.52. The van der Waals surface area contributed by atoms with Crippen LogP contribution in [0.1, 0.15) is 18.1 Å². The van der Waals surface area contributed by atoms with Crippen LogP contribution in [0.15, 0.2) is 53.0 Å². The van der Waals surface area contributed by atoms with Crippen LogP contribution in [-0.4, -0.2) is 12.1 Å². The number of anilines is 1. The van der Waals surface area contributed by atoms with Crippen molar-refractivity contribution in [2.24, 2.45) is 5.73 Å². The second kappa shape index (κ2) is 6.42. The Kier molecular flexibility index (Phi) is 4.84. The molecule has 0 aliphatic rings. The summed E-state index contributed by atoms with van der Waals surface area (Å²) in [6.07, 6.45) is 0.894. The molecule has 0 radical (unpaired) electrons. The molecule has 2 nitrogen and oxygen atoms in total. The molecule has 0 amide bonds. The molecular formula is C17H21BrN2. The van der Waals surface area contributed by atoms with Gasteiger partial charge in [-0.1, -0.05) is 36.4 Å². The number of benzene rings is 2. The SMILES string of the molecule is Cc1ccc(Br)c(NC(C)(CN)Cc2ccccc2)c1. The van der Waals surface area contributed by atoms with Crippen molar-refractivity contribution in [2.45, 2.75) is 25.8 Å². The summed E-state index contributed by atoms with van der Waals surface area (Å²) >= 11 is 3.59. The number of hydrogen-bond acceptors (Lipinski definition) is 2. The van der Waals surface area contributed by atoms with Gasteiger partial charge >= 0.3 is 0 Å². The highest BCUT2D eigenvalue weighted by Crippen LogP contribution is 2.27. The Bertz CT molecular complexity index is 568. The fraction of sp³-hybridized carbons (Fsp3) is 0.294. The highest BCUT2D eigenvalue weighted by molar-refractivity contribution is 9.10. The van der Waals surface area contributed by atoms with Crippen LogP contribution in [0.3, 0.4) is 0 Å². The third kappa shape index (κ3) is 3.84. The second-order valence-electron chi connectivity index (χ2n) is 5.54. The van der Waals surface area contributed by atoms with Crippen molar-refractivity contribution in [2.75, 3.05) is 11.9 Å². The summed E-state index contributed by atoms with van der Waals surface area (Å²) in [5.41, 5.74) is 9.46. The van der Waals surface area contributed by atoms with Gasteiger partial charge in [0.1, 0.15) is 0 Å². The lowest BCUT2D eigenvalue weighted by Crippen LogP contribution is -2.44. The molecule has 0 bridgehead atoms. The molecule has 0 saturated carbocycles. The van der Waals surface area contributed by atoms with Crippen LogP contribution in [-0.2, 0) is 6.42 Å². The molecule has 0 aliphatic carbocycles. The maximum absolute atomic E-state index is 6.01. The minimum absolute atomic E-state index is 0.169. The van der Waals surface area contributed by atoms with Gasteiger partial charge in [-0.05, 0) is 59.5 Å². The molecule has 0 aliphatic heterocycles. The Labute approximate surface area is 129 Å². The molecular weight excluding hydrogens is 312 g/mol. The Morgan fingerprint density at radius 3 is 2.50 bits per heavy atom. The second-order valence-corrected chi connectivity index (χ2v) is 6.39. The summed E-state index contributed by atoms with van der Waals surface area (Å²) in [5, 5.41) is 3.59. The number of nitrogens with one attached hydrogen (secondary N) is 1. The number of aryl methyl sites for hydroxylation is 1. The maximum atomic E-state index is 6.01. The topological polar surface area (TPSA) is 38.0 Å². The highest BCUT2D eigenvalue weighted by Gasteiger charge is 2.23. The molecule has 0 aromatic heterocycles. The Balaban J connectivity index is 2.20. The van der Waals surface area contributed by atoms with Crippen LogP contribution in [0, 0.1) is 6.92 Å². The van der Waals surface area contributed by atoms with E-state index in [1.165, 1.54) is 11.1 Å². The van der Waals surface area contributed by atoms with E-state index >= 15 is 0 Å². The summed E-state index contributed by atoms with van der Waals surface area (Å²) in [4.78, 5) is 0. The summed E-state index contributed by atoms with van der Waals surface area (Å²) in [5.74, 6) is 0. The number of halogens is 1. The molecule has 106 valence electrons. The van der Waals surface area contributed by atoms with Crippen molar-refractivity contribution < 1.29 is 0 Å². The van der Waals surface area contributed by atoms with Gasteiger partial charge in [-0.3, -0.25) is 0 Å². The van der Waals surface area contributed by atoms with Crippen molar-refractivity contribution in [3.8, 4) is 0 Å². The summed E-state index contributed by atoms with van der Waals surface area (Å²) in [7, 11) is 0. The van der Waals surface area contributed by atoms with Crippen LogP contribution in [0.2, 0.25) is 0 Å². The van der Waals surface area contributed by atoms with Gasteiger partial charge in [0.15, 0.2) is 0 Å². The number of nitrogens with two attached hydrogens (primary N) is 1. The van der Waals surface area contributed by atoms with Crippen LogP contribution in [0.4, 0.5) is 5.69 Å². The lowest BCUT2D eigenvalue weighted by molar-refractivity contribution is 0.520. The lowest BCUT2D eigenvalue weighted by atomic mass is 9.92. The van der Waals surface area contributed by atoms with Gasteiger partial charge in [0, 0.05) is 16.7 Å². The smallest absolute Gasteiger partial charge is 0.0508 e. The molecule has 1 atom stereocenters. The quantitative estimate of drug-likeness (QED) is 0.863. The summed E-state index contributed by atoms with van der Waals surface area (Å²) in [6.45, 7) is 4.83. The third-order valence-electron chi connectivity index (χ3n) is 3.45. The van der Waals surface area contributed by atoms with E-state index in [4.69, 9.17) is 5.73 Å². The van der Waals surface area contributed by atoms with E-state index in [0.717, 1.165) is 16.6 Å². The van der Waals surface area contributed by atoms with Crippen LogP contribution in [0.25, 0.3) is 0 Å². The molecule has 2 rings (SSSR count). The first-order valence-corrected chi connectivity index (χ1v) is 7.60. The van der Waals surface area contributed by atoms with Crippen molar-refractivity contribution in [1.82, 2.24) is 0 Å². The maximum Gasteiger partial charge on any atom is 0.0508 e. The summed E-state index contributed by atoms with van der Waals surface area (Å²) < 4.78 is 1.07. The third-order valence-corrected chi connectivity index (χ3v) is 4.14. The van der Waals surface area contributed by atoms with E-state index in [0.29, 0.717) is 6.54 Å². The van der Waals surface area contributed by atoms with Crippen molar-refractivity contribution in [3.63, 3.8) is 0 Å². The fourth-order valence-electron chi connectivity index (χ4n) is 2.27. The fourth-order valence-corrected chi connectivity index (χ4v) is 2.62. The Hall–Kier alpha value is -1.32. The van der Waals surface area contributed by atoms with E-state index in [-0.39, 0.29) is 5.54 Å². The number of rotatable bonds is 5. The van der Waals surface area contributed by atoms with E-state index < -0.39 is 0 Å². The molecule has 0 saturated heterocycles. The van der Waals surface area contributed by atoms with Gasteiger partial charge in [0.2, 0.25) is 0 Å². The average molecular weight is 333 g/mol. The minimum atomic E-state index is -0.169. The molecule has 3 heteroatoms. The minimum Gasteiger partial charge on any atom is -0.377 e. The predicted octanol–water partition coefficient (Wildman–Crippen LogP) is 4.13. The van der Waals surface area contributed by atoms with Gasteiger partial charge in [-0.25, -0.2) is 0 Å². The molecule has 20 heavy (non-hydrogen) atoms. The van der Waals surface area contributed by atoms with Crippen LogP contribution >= 0.6 is 15.9 Å². The molecule has 0 spiro atoms. The van der Waals surface area contributed by atoms with Crippen molar-refractivity contribution in [1.29, 1.82) is 0 Å². The normalized spacial score (nSPS) is 13.8. The number of hydrogen-bond donors (Lipinski definition) is 2. The van der Waals surface area contributed by atoms with Gasteiger partial charge < -0.3 is 11.1 Å². The standard InChI is InChI=1S/C17H21BrN2/c1-13-8-9-15(18)16(10-13)20-17(2,12-19)11-14-6-4-3-5-7-14/h3-10,20H,11-12,19H2,1-2H3. The zero-order valence-corrected chi connectivity index (χ0v) is 13.6. The lowest BCUT2D eigenvalue weighted by Gasteiger charge is -2.31. The zero-order chi connectivity index (χ0) is 14.6. The van der Waals surface area contributed by atoms with Crippen LogP contribution < -0.4 is 11.1 Å². The predicted molar refractivity (Wildman–Crippen MR) is 90.1 cm³/mol. The Morgan fingerprint density at radius 1 is 1.15 bits per heavy atom. The van der Waals surface area contributed by atoms with Gasteiger partial charge in [-0.2, -0.15) is 0 Å². The molecule has 2 aromatic carbocycles. The highest BCUT2D eigenvalue weighted by atomic mass is 79.9. The molecule has 3 N–H and O–H groups in total. The molecule has 2 aromatic rings. The van der Waals surface area contributed by atoms with Gasteiger partial charge in [0.05, 0.1) is 5.54 Å². The average Bonchev–Trinajstić information content (AvgIpc) is 2.44. The van der Waals surface area contributed by atoms with Crippen molar-refractivity contribution >= 4 is 21.6 Å². The van der Waals surface area contributed by atoms with E-state index in [1.807, 2.05) is 6.07 Å². The molecule has 0 heterocycles. The van der Waals surface area contributed by atoms with Crippen molar-refractivity contribution in [3.05, 3.63) is 64.1 Å². The first-order valence-electron chi connectivity index (χ1n) is 6.81. The van der Waals surface area contributed by atoms with Gasteiger partial charge in [-0.15, -0.1) is 0 Å². The summed E-state index contributed by atoms with van der Waals surface area (Å²) in [6, 6.07) is 16.7. The van der Waals surface area contributed by atoms with E-state index in [1.54, 1.807) is 0 Å². The largest absolute Gasteiger partial charge is 0.377 e. The van der Waals surface area contributed by atoms with E-state index in [9.17, 15) is 0 Å². The zero-order valence-electron chi connectivity index (χ0n) is 12.0. The Morgan fingerprint density at radius 2 is 1.85 bits per heavy atom. The monoisotopic (exact) mass is 332 g/mol. The molecule has 1 unspecified atom stereocenters. The van der Waals surface area contributed by atoms with Crippen LogP contribution in [0.5, 0.6) is 0 Å².